The van der Waals surface area contributed by atoms with E-state index in [9.17, 15) is 15.0 Å². The Morgan fingerprint density at radius 1 is 1.29 bits per heavy atom. The largest absolute Gasteiger partial charge is 0.508 e. The number of ether oxygens (including phenoxy) is 1. The fourth-order valence-electron chi connectivity index (χ4n) is 1.79. The number of carbonyl (C=O) groups is 1. The number of rotatable bonds is 6. The number of carboxylic acid groups (broad SMARTS) is 1. The van der Waals surface area contributed by atoms with Gasteiger partial charge in [0.1, 0.15) is 5.75 Å². The van der Waals surface area contributed by atoms with Crippen LogP contribution in [0.1, 0.15) is 25.8 Å². The normalized spacial score (nSPS) is 14.2. The first kappa shape index (κ1) is 13.5. The van der Waals surface area contributed by atoms with Crippen molar-refractivity contribution in [3.8, 4) is 5.75 Å². The second-order valence-corrected chi connectivity index (χ2v) is 3.93. The highest BCUT2D eigenvalue weighted by molar-refractivity contribution is 5.78. The van der Waals surface area contributed by atoms with Gasteiger partial charge in [-0.3, -0.25) is 0 Å². The Kier molecular flexibility index (Phi) is 4.52. The average molecular weight is 238 g/mol. The molecule has 1 unspecified atom stereocenters. The van der Waals surface area contributed by atoms with Crippen molar-refractivity contribution in [2.24, 2.45) is 0 Å². The number of aromatic hydroxyl groups is 1. The minimum Gasteiger partial charge on any atom is -0.508 e. The highest BCUT2D eigenvalue weighted by atomic mass is 16.5. The van der Waals surface area contributed by atoms with Crippen LogP contribution < -0.4 is 0 Å². The van der Waals surface area contributed by atoms with Crippen LogP contribution in [0.2, 0.25) is 0 Å². The summed E-state index contributed by atoms with van der Waals surface area (Å²) < 4.78 is 5.41. The third kappa shape index (κ3) is 3.20. The summed E-state index contributed by atoms with van der Waals surface area (Å²) in [6, 6.07) is 6.51. The van der Waals surface area contributed by atoms with E-state index in [0.29, 0.717) is 19.4 Å². The van der Waals surface area contributed by atoms with Crippen molar-refractivity contribution in [3.05, 3.63) is 29.8 Å². The highest BCUT2D eigenvalue weighted by Gasteiger charge is 2.37. The molecule has 0 fully saturated rings. The van der Waals surface area contributed by atoms with Crippen LogP contribution >= 0.6 is 0 Å². The second kappa shape index (κ2) is 5.68. The quantitative estimate of drug-likeness (QED) is 0.797. The molecule has 0 bridgehead atoms. The molecule has 0 saturated carbocycles. The Bertz CT molecular complexity index is 372. The van der Waals surface area contributed by atoms with Crippen LogP contribution in [-0.2, 0) is 16.0 Å². The third-order valence-corrected chi connectivity index (χ3v) is 2.81. The van der Waals surface area contributed by atoms with E-state index < -0.39 is 11.6 Å². The van der Waals surface area contributed by atoms with E-state index >= 15 is 0 Å². The smallest absolute Gasteiger partial charge is 0.336 e. The van der Waals surface area contributed by atoms with Crippen LogP contribution in [0.4, 0.5) is 0 Å². The summed E-state index contributed by atoms with van der Waals surface area (Å²) in [6.07, 6.45) is 0.698. The molecule has 4 nitrogen and oxygen atoms in total. The fourth-order valence-corrected chi connectivity index (χ4v) is 1.79. The van der Waals surface area contributed by atoms with E-state index in [2.05, 4.69) is 0 Å². The Balaban J connectivity index is 2.92. The zero-order valence-corrected chi connectivity index (χ0v) is 10.1. The summed E-state index contributed by atoms with van der Waals surface area (Å²) in [7, 11) is 0. The zero-order valence-electron chi connectivity index (χ0n) is 10.1. The van der Waals surface area contributed by atoms with Gasteiger partial charge in [-0.1, -0.05) is 19.1 Å². The van der Waals surface area contributed by atoms with Gasteiger partial charge in [0, 0.05) is 13.0 Å². The standard InChI is InChI=1S/C13H18O4/c1-3-13(12(15)16,17-4-2)9-10-5-7-11(14)8-6-10/h5-8,14H,3-4,9H2,1-2H3,(H,15,16). The molecule has 17 heavy (non-hydrogen) atoms. The van der Waals surface area contributed by atoms with Gasteiger partial charge >= 0.3 is 5.97 Å². The maximum Gasteiger partial charge on any atom is 0.336 e. The van der Waals surface area contributed by atoms with Gasteiger partial charge in [0.15, 0.2) is 5.60 Å². The predicted molar refractivity (Wildman–Crippen MR) is 64.1 cm³/mol. The second-order valence-electron chi connectivity index (χ2n) is 3.93. The molecule has 0 aromatic heterocycles. The van der Waals surface area contributed by atoms with Crippen LogP contribution in [0.5, 0.6) is 5.75 Å². The van der Waals surface area contributed by atoms with Crippen molar-refractivity contribution < 1.29 is 19.7 Å². The summed E-state index contributed by atoms with van der Waals surface area (Å²) in [4.78, 5) is 11.3. The maximum atomic E-state index is 11.3. The van der Waals surface area contributed by atoms with Crippen molar-refractivity contribution in [2.75, 3.05) is 6.61 Å². The Hall–Kier alpha value is -1.55. The minimum atomic E-state index is -1.17. The molecule has 94 valence electrons. The van der Waals surface area contributed by atoms with E-state index in [1.54, 1.807) is 38.1 Å². The SMILES string of the molecule is CCOC(CC)(Cc1ccc(O)cc1)C(=O)O. The van der Waals surface area contributed by atoms with E-state index in [1.165, 1.54) is 0 Å². The highest BCUT2D eigenvalue weighted by Crippen LogP contribution is 2.23. The molecular weight excluding hydrogens is 220 g/mol. The summed E-state index contributed by atoms with van der Waals surface area (Å²) in [5.41, 5.74) is -0.341. The molecule has 0 saturated heterocycles. The summed E-state index contributed by atoms with van der Waals surface area (Å²) in [6.45, 7) is 3.94. The molecule has 0 spiro atoms. The first-order chi connectivity index (χ1) is 8.04. The summed E-state index contributed by atoms with van der Waals surface area (Å²) in [5.74, 6) is -0.780. The molecule has 1 rings (SSSR count). The molecule has 0 heterocycles. The van der Waals surface area contributed by atoms with Gasteiger partial charge < -0.3 is 14.9 Å². The van der Waals surface area contributed by atoms with Crippen molar-refractivity contribution >= 4 is 5.97 Å². The van der Waals surface area contributed by atoms with Crippen molar-refractivity contribution in [1.82, 2.24) is 0 Å². The molecule has 0 amide bonds. The predicted octanol–water partition coefficient (Wildman–Crippen LogP) is 2.20. The molecular formula is C13H18O4. The molecule has 1 aromatic rings. The Morgan fingerprint density at radius 2 is 1.88 bits per heavy atom. The van der Waals surface area contributed by atoms with Gasteiger partial charge in [0.05, 0.1) is 0 Å². The van der Waals surface area contributed by atoms with Gasteiger partial charge in [-0.2, -0.15) is 0 Å². The first-order valence-corrected chi connectivity index (χ1v) is 5.69. The minimum absolute atomic E-state index is 0.169. The van der Waals surface area contributed by atoms with E-state index in [-0.39, 0.29) is 5.75 Å². The molecule has 4 heteroatoms. The van der Waals surface area contributed by atoms with Gasteiger partial charge in [0.2, 0.25) is 0 Å². The van der Waals surface area contributed by atoms with E-state index in [4.69, 9.17) is 4.74 Å². The monoisotopic (exact) mass is 238 g/mol. The van der Waals surface area contributed by atoms with Gasteiger partial charge in [-0.15, -0.1) is 0 Å². The number of phenolic OH excluding ortho intramolecular Hbond substituents is 1. The molecule has 0 aliphatic heterocycles. The van der Waals surface area contributed by atoms with Gasteiger partial charge in [0.25, 0.3) is 0 Å². The van der Waals surface area contributed by atoms with Crippen LogP contribution in [-0.4, -0.2) is 28.4 Å². The van der Waals surface area contributed by atoms with E-state index in [0.717, 1.165) is 5.56 Å². The molecule has 1 aromatic carbocycles. The van der Waals surface area contributed by atoms with Crippen LogP contribution in [0, 0.1) is 0 Å². The lowest BCUT2D eigenvalue weighted by molar-refractivity contribution is -0.166. The lowest BCUT2D eigenvalue weighted by Crippen LogP contribution is -2.43. The van der Waals surface area contributed by atoms with Crippen LogP contribution in [0.25, 0.3) is 0 Å². The van der Waals surface area contributed by atoms with Crippen LogP contribution in [0.15, 0.2) is 24.3 Å². The summed E-state index contributed by atoms with van der Waals surface area (Å²) >= 11 is 0. The van der Waals surface area contributed by atoms with Crippen LogP contribution in [0.3, 0.4) is 0 Å². The van der Waals surface area contributed by atoms with Crippen molar-refractivity contribution in [3.63, 3.8) is 0 Å². The number of carboxylic acids is 1. The lowest BCUT2D eigenvalue weighted by Gasteiger charge is -2.28. The number of hydrogen-bond acceptors (Lipinski definition) is 3. The number of phenols is 1. The topological polar surface area (TPSA) is 66.8 Å². The van der Waals surface area contributed by atoms with Gasteiger partial charge in [-0.05, 0) is 31.0 Å². The molecule has 0 radical (unpaired) electrons. The lowest BCUT2D eigenvalue weighted by atomic mass is 9.91. The third-order valence-electron chi connectivity index (χ3n) is 2.81. The van der Waals surface area contributed by atoms with Crippen molar-refractivity contribution in [1.29, 1.82) is 0 Å². The molecule has 2 N–H and O–H groups in total. The van der Waals surface area contributed by atoms with Crippen molar-refractivity contribution in [2.45, 2.75) is 32.3 Å². The molecule has 1 atom stereocenters. The first-order valence-electron chi connectivity index (χ1n) is 5.69. The Morgan fingerprint density at radius 3 is 2.29 bits per heavy atom. The fraction of sp³-hybridized carbons (Fsp3) is 0.462. The number of benzene rings is 1. The molecule has 0 aliphatic carbocycles. The van der Waals surface area contributed by atoms with E-state index in [1.807, 2.05) is 0 Å². The number of aliphatic carboxylic acids is 1. The van der Waals surface area contributed by atoms with Gasteiger partial charge in [-0.25, -0.2) is 4.79 Å². The summed E-state index contributed by atoms with van der Waals surface area (Å²) in [5, 5.41) is 18.5. The number of hydrogen-bond donors (Lipinski definition) is 2. The zero-order chi connectivity index (χ0) is 12.9. The Labute approximate surface area is 101 Å². The molecule has 0 aliphatic rings. The average Bonchev–Trinajstić information content (AvgIpc) is 2.31. The maximum absolute atomic E-state index is 11.3.